The Morgan fingerprint density at radius 3 is 2.80 bits per heavy atom. The first-order valence-electron chi connectivity index (χ1n) is 10.8. The minimum Gasteiger partial charge on any atom is -0.380 e. The van der Waals surface area contributed by atoms with Crippen molar-refractivity contribution >= 4 is 28.0 Å². The lowest BCUT2D eigenvalue weighted by Gasteiger charge is -2.53. The van der Waals surface area contributed by atoms with Gasteiger partial charge < -0.3 is 15.0 Å². The molecule has 7 rings (SSSR count). The number of benzene rings is 1. The Morgan fingerprint density at radius 2 is 2.03 bits per heavy atom. The zero-order chi connectivity index (χ0) is 19.7. The van der Waals surface area contributed by atoms with Crippen LogP contribution in [0.3, 0.4) is 0 Å². The maximum Gasteiger partial charge on any atom is 0.179 e. The smallest absolute Gasteiger partial charge is 0.179 e. The average molecular weight is 401 g/mol. The third-order valence-corrected chi connectivity index (χ3v) is 6.78. The molecule has 1 spiro atoms. The van der Waals surface area contributed by atoms with E-state index in [9.17, 15) is 0 Å². The summed E-state index contributed by atoms with van der Waals surface area (Å²) < 4.78 is 7.56. The van der Waals surface area contributed by atoms with Crippen LogP contribution in [-0.2, 0) is 11.3 Å². The maximum atomic E-state index is 5.45. The van der Waals surface area contributed by atoms with E-state index in [1.807, 2.05) is 30.5 Å². The SMILES string of the molecule is c1ccc2[nH]c(CNc3nn(C4CC5(COC5)C4)c4nc(C5CC5)cnc34)nc2c1. The van der Waals surface area contributed by atoms with Gasteiger partial charge in [0.2, 0.25) is 0 Å². The second-order valence-corrected chi connectivity index (χ2v) is 9.14. The van der Waals surface area contributed by atoms with Gasteiger partial charge in [-0.15, -0.1) is 0 Å². The maximum absolute atomic E-state index is 5.45. The molecule has 8 heteroatoms. The van der Waals surface area contributed by atoms with E-state index in [1.165, 1.54) is 12.8 Å². The Kier molecular flexibility index (Phi) is 3.36. The van der Waals surface area contributed by atoms with Crippen molar-refractivity contribution in [3.8, 4) is 0 Å². The largest absolute Gasteiger partial charge is 0.380 e. The number of rotatable bonds is 5. The van der Waals surface area contributed by atoms with Crippen LogP contribution in [0.2, 0.25) is 0 Å². The van der Waals surface area contributed by atoms with E-state index in [1.54, 1.807) is 0 Å². The minimum absolute atomic E-state index is 0.377. The number of hydrogen-bond acceptors (Lipinski definition) is 6. The van der Waals surface area contributed by atoms with Crippen LogP contribution in [0, 0.1) is 5.41 Å². The molecule has 0 radical (unpaired) electrons. The first-order valence-corrected chi connectivity index (χ1v) is 10.8. The number of aromatic nitrogens is 6. The fourth-order valence-electron chi connectivity index (χ4n) is 4.87. The van der Waals surface area contributed by atoms with E-state index in [0.717, 1.165) is 65.6 Å². The standard InChI is InChI=1S/C22H23N7O/c1-2-4-16-15(3-1)25-18(26-16)10-24-20-19-21(27-17(9-23-19)13-5-6-13)29(28-20)14-7-22(8-14)11-30-12-22/h1-4,9,13-14H,5-8,10-12H2,(H,24,28)(H,25,26). The number of para-hydroxylation sites is 2. The molecule has 30 heavy (non-hydrogen) atoms. The van der Waals surface area contributed by atoms with Crippen molar-refractivity contribution in [2.45, 2.75) is 44.2 Å². The van der Waals surface area contributed by atoms with Gasteiger partial charge in [-0.2, -0.15) is 5.10 Å². The van der Waals surface area contributed by atoms with Gasteiger partial charge in [-0.05, 0) is 37.8 Å². The topological polar surface area (TPSA) is 93.5 Å². The first-order chi connectivity index (χ1) is 14.8. The van der Waals surface area contributed by atoms with E-state index < -0.39 is 0 Å². The van der Waals surface area contributed by atoms with Crippen molar-refractivity contribution < 1.29 is 4.74 Å². The van der Waals surface area contributed by atoms with Crippen LogP contribution >= 0.6 is 0 Å². The molecule has 0 bridgehead atoms. The number of anilines is 1. The summed E-state index contributed by atoms with van der Waals surface area (Å²) in [5.74, 6) is 2.24. The monoisotopic (exact) mass is 401 g/mol. The predicted octanol–water partition coefficient (Wildman–Crippen LogP) is 3.54. The van der Waals surface area contributed by atoms with Crippen molar-refractivity contribution in [1.82, 2.24) is 29.7 Å². The number of hydrogen-bond donors (Lipinski definition) is 2. The van der Waals surface area contributed by atoms with Gasteiger partial charge in [0.25, 0.3) is 0 Å². The molecule has 152 valence electrons. The van der Waals surface area contributed by atoms with Crippen LogP contribution in [0.4, 0.5) is 5.82 Å². The molecule has 1 saturated heterocycles. The minimum atomic E-state index is 0.377. The highest BCUT2D eigenvalue weighted by Crippen LogP contribution is 2.53. The number of aromatic amines is 1. The number of H-pyrrole nitrogens is 1. The summed E-state index contributed by atoms with van der Waals surface area (Å²) in [4.78, 5) is 17.8. The summed E-state index contributed by atoms with van der Waals surface area (Å²) in [6.07, 6.45) is 6.59. The van der Waals surface area contributed by atoms with Crippen molar-refractivity contribution in [3.63, 3.8) is 0 Å². The zero-order valence-corrected chi connectivity index (χ0v) is 16.6. The third-order valence-electron chi connectivity index (χ3n) is 6.78. The number of ether oxygens (including phenoxy) is 1. The Bertz CT molecular complexity index is 1230. The fourth-order valence-corrected chi connectivity index (χ4v) is 4.87. The summed E-state index contributed by atoms with van der Waals surface area (Å²) in [5, 5.41) is 8.37. The summed E-state index contributed by atoms with van der Waals surface area (Å²) in [7, 11) is 0. The van der Waals surface area contributed by atoms with Crippen LogP contribution in [0.5, 0.6) is 0 Å². The van der Waals surface area contributed by atoms with E-state index in [0.29, 0.717) is 23.9 Å². The van der Waals surface area contributed by atoms with Crippen molar-refractivity contribution in [2.75, 3.05) is 18.5 Å². The van der Waals surface area contributed by atoms with Crippen LogP contribution in [-0.4, -0.2) is 42.9 Å². The summed E-state index contributed by atoms with van der Waals surface area (Å²) in [6, 6.07) is 8.44. The lowest BCUT2D eigenvalue weighted by atomic mass is 9.64. The Hall–Kier alpha value is -3.00. The van der Waals surface area contributed by atoms with Crippen LogP contribution < -0.4 is 5.32 Å². The third kappa shape index (κ3) is 2.56. The molecule has 0 atom stereocenters. The van der Waals surface area contributed by atoms with E-state index in [4.69, 9.17) is 19.8 Å². The van der Waals surface area contributed by atoms with Crippen LogP contribution in [0.25, 0.3) is 22.2 Å². The molecule has 3 aliphatic rings. The molecule has 2 N–H and O–H groups in total. The highest BCUT2D eigenvalue weighted by atomic mass is 16.5. The van der Waals surface area contributed by atoms with Gasteiger partial charge in [0.1, 0.15) is 5.82 Å². The van der Waals surface area contributed by atoms with Gasteiger partial charge >= 0.3 is 0 Å². The zero-order valence-electron chi connectivity index (χ0n) is 16.6. The molecule has 1 aliphatic heterocycles. The van der Waals surface area contributed by atoms with Crippen molar-refractivity contribution in [3.05, 3.63) is 42.0 Å². The Balaban J connectivity index is 1.21. The predicted molar refractivity (Wildman–Crippen MR) is 112 cm³/mol. The molecule has 4 aromatic rings. The highest BCUT2D eigenvalue weighted by molar-refractivity contribution is 5.83. The first kappa shape index (κ1) is 16.8. The second-order valence-electron chi connectivity index (χ2n) is 9.14. The molecule has 8 nitrogen and oxygen atoms in total. The summed E-state index contributed by atoms with van der Waals surface area (Å²) in [5.41, 5.74) is 5.26. The Labute approximate surface area is 173 Å². The van der Waals surface area contributed by atoms with Crippen LogP contribution in [0.1, 0.15) is 49.2 Å². The quantitative estimate of drug-likeness (QED) is 0.531. The molecular formula is C22H23N7O. The lowest BCUT2D eigenvalue weighted by molar-refractivity contribution is -0.175. The number of imidazole rings is 1. The molecular weight excluding hydrogens is 378 g/mol. The van der Waals surface area contributed by atoms with Crippen molar-refractivity contribution in [2.24, 2.45) is 5.41 Å². The Morgan fingerprint density at radius 1 is 1.17 bits per heavy atom. The van der Waals surface area contributed by atoms with E-state index >= 15 is 0 Å². The van der Waals surface area contributed by atoms with Gasteiger partial charge in [0.15, 0.2) is 17.0 Å². The van der Waals surface area contributed by atoms with Gasteiger partial charge in [-0.3, -0.25) is 0 Å². The molecule has 0 amide bonds. The number of nitrogens with one attached hydrogen (secondary N) is 2. The fraction of sp³-hybridized carbons (Fsp3) is 0.455. The van der Waals surface area contributed by atoms with Gasteiger partial charge in [-0.1, -0.05) is 12.1 Å². The molecule has 1 aromatic carbocycles. The molecule has 3 aromatic heterocycles. The average Bonchev–Trinajstić information content (AvgIpc) is 3.37. The summed E-state index contributed by atoms with van der Waals surface area (Å²) >= 11 is 0. The molecule has 2 saturated carbocycles. The molecule has 4 heterocycles. The summed E-state index contributed by atoms with van der Waals surface area (Å²) in [6.45, 7) is 2.34. The van der Waals surface area contributed by atoms with Crippen molar-refractivity contribution in [1.29, 1.82) is 0 Å². The highest BCUT2D eigenvalue weighted by Gasteiger charge is 2.51. The molecule has 3 fully saturated rings. The van der Waals surface area contributed by atoms with Gasteiger partial charge in [0.05, 0.1) is 42.5 Å². The number of fused-ring (bicyclic) bond motifs is 2. The number of nitrogens with zero attached hydrogens (tertiary/aromatic N) is 5. The van der Waals surface area contributed by atoms with Crippen LogP contribution in [0.15, 0.2) is 30.5 Å². The van der Waals surface area contributed by atoms with E-state index in [2.05, 4.69) is 20.0 Å². The van der Waals surface area contributed by atoms with Gasteiger partial charge in [0, 0.05) is 17.5 Å². The second kappa shape index (κ2) is 6.01. The molecule has 2 aliphatic carbocycles. The molecule has 0 unspecified atom stereocenters. The normalized spacial score (nSPS) is 20.5. The lowest BCUT2D eigenvalue weighted by Crippen LogP contribution is -2.52. The van der Waals surface area contributed by atoms with Gasteiger partial charge in [-0.25, -0.2) is 19.6 Å². The van der Waals surface area contributed by atoms with E-state index in [-0.39, 0.29) is 0 Å².